The van der Waals surface area contributed by atoms with E-state index in [2.05, 4.69) is 10.3 Å². The SMILES string of the molecule is COc1ccc2nc(NC(=O)CSc3nc4c(c(=O)n3-c3ccccc3)SCC4)sc2c1. The number of benzene rings is 2. The second-order valence-electron chi connectivity index (χ2n) is 6.93. The number of aryl methyl sites for hydroxylation is 1. The van der Waals surface area contributed by atoms with Crippen molar-refractivity contribution >= 4 is 56.1 Å². The molecule has 0 unspecified atom stereocenters. The van der Waals surface area contributed by atoms with Crippen molar-refractivity contribution in [3.05, 3.63) is 64.6 Å². The molecular formula is C22H18N4O3S3. The normalized spacial score (nSPS) is 12.7. The number of carbonyl (C=O) groups excluding carboxylic acids is 1. The first kappa shape index (κ1) is 21.0. The van der Waals surface area contributed by atoms with Gasteiger partial charge >= 0.3 is 0 Å². The van der Waals surface area contributed by atoms with Gasteiger partial charge in [-0.3, -0.25) is 14.2 Å². The van der Waals surface area contributed by atoms with E-state index in [1.807, 2.05) is 48.5 Å². The number of hydrogen-bond donors (Lipinski definition) is 1. The largest absolute Gasteiger partial charge is 0.497 e. The summed E-state index contributed by atoms with van der Waals surface area (Å²) in [4.78, 5) is 35.7. The van der Waals surface area contributed by atoms with Gasteiger partial charge in [-0.15, -0.1) is 11.8 Å². The summed E-state index contributed by atoms with van der Waals surface area (Å²) in [5, 5.41) is 3.90. The van der Waals surface area contributed by atoms with E-state index in [0.717, 1.165) is 39.5 Å². The van der Waals surface area contributed by atoms with E-state index in [0.29, 0.717) is 15.2 Å². The highest BCUT2D eigenvalue weighted by atomic mass is 32.2. The number of ether oxygens (including phenoxy) is 1. The summed E-state index contributed by atoms with van der Waals surface area (Å²) in [7, 11) is 1.61. The van der Waals surface area contributed by atoms with Crippen LogP contribution in [-0.2, 0) is 11.2 Å². The van der Waals surface area contributed by atoms with Gasteiger partial charge in [0.25, 0.3) is 5.56 Å². The van der Waals surface area contributed by atoms with Crippen molar-refractivity contribution in [1.82, 2.24) is 14.5 Å². The minimum absolute atomic E-state index is 0.0771. The van der Waals surface area contributed by atoms with Crippen LogP contribution in [0.4, 0.5) is 5.13 Å². The Morgan fingerprint density at radius 3 is 2.88 bits per heavy atom. The minimum Gasteiger partial charge on any atom is -0.497 e. The van der Waals surface area contributed by atoms with E-state index in [9.17, 15) is 9.59 Å². The Hall–Kier alpha value is -2.82. The predicted molar refractivity (Wildman–Crippen MR) is 130 cm³/mol. The van der Waals surface area contributed by atoms with Crippen LogP contribution in [0.25, 0.3) is 15.9 Å². The lowest BCUT2D eigenvalue weighted by Crippen LogP contribution is -2.24. The number of thiazole rings is 1. The van der Waals surface area contributed by atoms with Crippen LogP contribution in [0.1, 0.15) is 5.69 Å². The third-order valence-electron chi connectivity index (χ3n) is 4.86. The Bertz CT molecular complexity index is 1370. The van der Waals surface area contributed by atoms with Gasteiger partial charge < -0.3 is 10.1 Å². The van der Waals surface area contributed by atoms with Crippen LogP contribution in [0, 0.1) is 0 Å². The summed E-state index contributed by atoms with van der Waals surface area (Å²) in [6.07, 6.45) is 0.764. The van der Waals surface area contributed by atoms with Gasteiger partial charge in [0.15, 0.2) is 10.3 Å². The quantitative estimate of drug-likeness (QED) is 0.325. The molecule has 32 heavy (non-hydrogen) atoms. The number of nitrogens with one attached hydrogen (secondary N) is 1. The summed E-state index contributed by atoms with van der Waals surface area (Å²) in [6, 6.07) is 15.0. The zero-order valence-electron chi connectivity index (χ0n) is 17.0. The number of hydrogen-bond acceptors (Lipinski definition) is 8. The molecule has 3 heterocycles. The molecule has 0 saturated carbocycles. The summed E-state index contributed by atoms with van der Waals surface area (Å²) in [6.45, 7) is 0. The Balaban J connectivity index is 1.37. The molecule has 2 aromatic carbocycles. The standard InChI is InChI=1S/C22H18N4O3S3/c1-29-14-7-8-15-17(11-14)32-21(23-15)25-18(27)12-31-22-24-16-9-10-30-19(16)20(28)26(22)13-5-3-2-4-6-13/h2-8,11H,9-10,12H2,1H3,(H,23,25,27). The average molecular weight is 483 g/mol. The van der Waals surface area contributed by atoms with Crippen molar-refractivity contribution in [2.24, 2.45) is 0 Å². The lowest BCUT2D eigenvalue weighted by Gasteiger charge is -2.13. The first-order chi connectivity index (χ1) is 15.6. The van der Waals surface area contributed by atoms with E-state index < -0.39 is 0 Å². The zero-order chi connectivity index (χ0) is 22.1. The molecule has 0 saturated heterocycles. The van der Waals surface area contributed by atoms with Gasteiger partial charge in [-0.1, -0.05) is 41.3 Å². The fourth-order valence-electron chi connectivity index (χ4n) is 3.36. The molecule has 1 aliphatic rings. The molecule has 0 fully saturated rings. The molecular weight excluding hydrogens is 464 g/mol. The van der Waals surface area contributed by atoms with Crippen LogP contribution in [-0.4, -0.2) is 39.1 Å². The number of aromatic nitrogens is 3. The monoisotopic (exact) mass is 482 g/mol. The number of para-hydroxylation sites is 1. The molecule has 0 spiro atoms. The molecule has 2 aromatic heterocycles. The molecule has 4 aromatic rings. The fourth-order valence-corrected chi connectivity index (χ4v) is 6.13. The minimum atomic E-state index is -0.204. The molecule has 1 amide bonds. The third kappa shape index (κ3) is 4.13. The van der Waals surface area contributed by atoms with Gasteiger partial charge in [0.05, 0.1) is 39.4 Å². The highest BCUT2D eigenvalue weighted by Gasteiger charge is 2.23. The van der Waals surface area contributed by atoms with Crippen LogP contribution >= 0.6 is 34.9 Å². The maximum absolute atomic E-state index is 13.1. The summed E-state index contributed by atoms with van der Waals surface area (Å²) in [5.41, 5.74) is 2.28. The maximum atomic E-state index is 13.1. The van der Waals surface area contributed by atoms with Crippen molar-refractivity contribution < 1.29 is 9.53 Å². The van der Waals surface area contributed by atoms with Crippen LogP contribution in [0.3, 0.4) is 0 Å². The number of nitrogens with zero attached hydrogens (tertiary/aromatic N) is 3. The van der Waals surface area contributed by atoms with Gasteiger partial charge in [0.2, 0.25) is 5.91 Å². The summed E-state index contributed by atoms with van der Waals surface area (Å²) in [5.74, 6) is 1.51. The van der Waals surface area contributed by atoms with E-state index in [1.165, 1.54) is 23.1 Å². The molecule has 1 aliphatic heterocycles. The molecule has 0 radical (unpaired) electrons. The number of anilines is 1. The lowest BCUT2D eigenvalue weighted by molar-refractivity contribution is -0.113. The number of rotatable bonds is 6. The van der Waals surface area contributed by atoms with E-state index in [4.69, 9.17) is 9.72 Å². The Labute approximate surface area is 196 Å². The van der Waals surface area contributed by atoms with Gasteiger partial charge in [0, 0.05) is 12.2 Å². The molecule has 10 heteroatoms. The molecule has 1 N–H and O–H groups in total. The summed E-state index contributed by atoms with van der Waals surface area (Å²) < 4.78 is 7.77. The number of methoxy groups -OCH3 is 1. The van der Waals surface area contributed by atoms with E-state index >= 15 is 0 Å². The predicted octanol–water partition coefficient (Wildman–Crippen LogP) is 4.23. The van der Waals surface area contributed by atoms with Gasteiger partial charge in [0.1, 0.15) is 5.75 Å². The van der Waals surface area contributed by atoms with E-state index in [1.54, 1.807) is 23.4 Å². The molecule has 7 nitrogen and oxygen atoms in total. The first-order valence-electron chi connectivity index (χ1n) is 9.84. The molecule has 5 rings (SSSR count). The van der Waals surface area contributed by atoms with Gasteiger partial charge in [-0.25, -0.2) is 9.97 Å². The van der Waals surface area contributed by atoms with Gasteiger partial charge in [-0.05, 0) is 30.3 Å². The smallest absolute Gasteiger partial charge is 0.272 e. The molecule has 162 valence electrons. The van der Waals surface area contributed by atoms with Gasteiger partial charge in [-0.2, -0.15) is 0 Å². The summed E-state index contributed by atoms with van der Waals surface area (Å²) >= 11 is 4.18. The number of carbonyl (C=O) groups is 1. The highest BCUT2D eigenvalue weighted by molar-refractivity contribution is 8.00. The Morgan fingerprint density at radius 2 is 2.06 bits per heavy atom. The topological polar surface area (TPSA) is 86.1 Å². The second kappa shape index (κ2) is 8.97. The third-order valence-corrected chi connectivity index (χ3v) is 7.83. The average Bonchev–Trinajstić information content (AvgIpc) is 3.44. The maximum Gasteiger partial charge on any atom is 0.272 e. The Kier molecular flexibility index (Phi) is 5.90. The number of fused-ring (bicyclic) bond motifs is 2. The highest BCUT2D eigenvalue weighted by Crippen LogP contribution is 2.31. The van der Waals surface area contributed by atoms with Crippen LogP contribution < -0.4 is 15.6 Å². The number of amides is 1. The van der Waals surface area contributed by atoms with Crippen molar-refractivity contribution in [2.45, 2.75) is 16.5 Å². The fraction of sp³-hybridized carbons (Fsp3) is 0.182. The molecule has 0 bridgehead atoms. The van der Waals surface area contributed by atoms with Crippen molar-refractivity contribution in [3.63, 3.8) is 0 Å². The van der Waals surface area contributed by atoms with E-state index in [-0.39, 0.29) is 17.2 Å². The Morgan fingerprint density at radius 1 is 1.22 bits per heavy atom. The van der Waals surface area contributed by atoms with Crippen molar-refractivity contribution in [1.29, 1.82) is 0 Å². The van der Waals surface area contributed by atoms with Crippen LogP contribution in [0.5, 0.6) is 5.75 Å². The van der Waals surface area contributed by atoms with Crippen molar-refractivity contribution in [2.75, 3.05) is 23.9 Å². The van der Waals surface area contributed by atoms with Crippen LogP contribution in [0.2, 0.25) is 0 Å². The molecule has 0 aliphatic carbocycles. The second-order valence-corrected chi connectivity index (χ2v) is 10.0. The molecule has 0 atom stereocenters. The zero-order valence-corrected chi connectivity index (χ0v) is 19.5. The lowest BCUT2D eigenvalue weighted by atomic mass is 10.3. The van der Waals surface area contributed by atoms with Crippen LogP contribution in [0.15, 0.2) is 63.4 Å². The number of thioether (sulfide) groups is 2. The van der Waals surface area contributed by atoms with Crippen molar-refractivity contribution in [3.8, 4) is 11.4 Å². The first-order valence-corrected chi connectivity index (χ1v) is 12.6.